The summed E-state index contributed by atoms with van der Waals surface area (Å²) in [6, 6.07) is 3.78. The summed E-state index contributed by atoms with van der Waals surface area (Å²) in [6.45, 7) is 4.16. The predicted octanol–water partition coefficient (Wildman–Crippen LogP) is 2.48. The second kappa shape index (κ2) is 3.42. The number of hydrogen-bond acceptors (Lipinski definition) is 3. The fourth-order valence-corrected chi connectivity index (χ4v) is 1.40. The summed E-state index contributed by atoms with van der Waals surface area (Å²) >= 11 is 0. The van der Waals surface area contributed by atoms with Gasteiger partial charge in [-0.1, -0.05) is 13.8 Å². The third-order valence-electron chi connectivity index (χ3n) is 2.38. The standard InChI is InChI=1S/C11H14N2O/c1-7(2)11(12)10-5-8-6-13-4-3-9(8)14-10/h3-7,11H,12H2,1-2H3. The first-order valence-corrected chi connectivity index (χ1v) is 4.77. The van der Waals surface area contributed by atoms with Crippen molar-refractivity contribution in [3.05, 3.63) is 30.3 Å². The van der Waals surface area contributed by atoms with Gasteiger partial charge in [0.15, 0.2) is 0 Å². The molecule has 0 amide bonds. The van der Waals surface area contributed by atoms with Gasteiger partial charge in [0.2, 0.25) is 0 Å². The number of nitrogens with two attached hydrogens (primary N) is 1. The maximum absolute atomic E-state index is 5.99. The number of rotatable bonds is 2. The molecular weight excluding hydrogens is 176 g/mol. The number of pyridine rings is 1. The number of fused-ring (bicyclic) bond motifs is 1. The molecule has 74 valence electrons. The topological polar surface area (TPSA) is 52.0 Å². The van der Waals surface area contributed by atoms with Crippen LogP contribution in [0.15, 0.2) is 28.9 Å². The van der Waals surface area contributed by atoms with Gasteiger partial charge in [-0.05, 0) is 18.1 Å². The quantitative estimate of drug-likeness (QED) is 0.791. The molecule has 0 aliphatic carbocycles. The van der Waals surface area contributed by atoms with Crippen LogP contribution in [0.4, 0.5) is 0 Å². The number of furan rings is 1. The van der Waals surface area contributed by atoms with Crippen LogP contribution in [0.25, 0.3) is 11.0 Å². The minimum absolute atomic E-state index is 0.0394. The molecule has 0 spiro atoms. The molecule has 0 bridgehead atoms. The molecule has 2 N–H and O–H groups in total. The van der Waals surface area contributed by atoms with Gasteiger partial charge in [-0.15, -0.1) is 0 Å². The molecule has 2 heterocycles. The first-order chi connectivity index (χ1) is 6.68. The Balaban J connectivity index is 2.45. The van der Waals surface area contributed by atoms with Crippen molar-refractivity contribution in [3.8, 4) is 0 Å². The Kier molecular flexibility index (Phi) is 2.25. The molecule has 14 heavy (non-hydrogen) atoms. The SMILES string of the molecule is CC(C)C(N)c1cc2cnccc2o1. The van der Waals surface area contributed by atoms with Crippen molar-refractivity contribution in [3.63, 3.8) is 0 Å². The minimum atomic E-state index is -0.0394. The van der Waals surface area contributed by atoms with E-state index >= 15 is 0 Å². The van der Waals surface area contributed by atoms with E-state index in [2.05, 4.69) is 18.8 Å². The monoisotopic (exact) mass is 190 g/mol. The van der Waals surface area contributed by atoms with E-state index < -0.39 is 0 Å². The molecular formula is C11H14N2O. The first-order valence-electron chi connectivity index (χ1n) is 4.77. The van der Waals surface area contributed by atoms with Crippen LogP contribution < -0.4 is 5.73 Å². The van der Waals surface area contributed by atoms with Crippen LogP contribution in [0.2, 0.25) is 0 Å². The fourth-order valence-electron chi connectivity index (χ4n) is 1.40. The Morgan fingerprint density at radius 3 is 2.86 bits per heavy atom. The zero-order valence-electron chi connectivity index (χ0n) is 8.40. The van der Waals surface area contributed by atoms with Crippen LogP contribution in [-0.4, -0.2) is 4.98 Å². The highest BCUT2D eigenvalue weighted by Gasteiger charge is 2.14. The van der Waals surface area contributed by atoms with Gasteiger partial charge in [-0.25, -0.2) is 0 Å². The van der Waals surface area contributed by atoms with Gasteiger partial charge in [-0.3, -0.25) is 4.98 Å². The van der Waals surface area contributed by atoms with Gasteiger partial charge >= 0.3 is 0 Å². The first kappa shape index (κ1) is 9.21. The van der Waals surface area contributed by atoms with Crippen LogP contribution in [-0.2, 0) is 0 Å². The molecule has 3 heteroatoms. The Morgan fingerprint density at radius 1 is 1.43 bits per heavy atom. The van der Waals surface area contributed by atoms with Crippen molar-refractivity contribution in [1.29, 1.82) is 0 Å². The van der Waals surface area contributed by atoms with Crippen molar-refractivity contribution >= 4 is 11.0 Å². The molecule has 0 saturated heterocycles. The van der Waals surface area contributed by atoms with E-state index in [1.54, 1.807) is 12.4 Å². The second-order valence-electron chi connectivity index (χ2n) is 3.83. The lowest BCUT2D eigenvalue weighted by Crippen LogP contribution is -2.15. The second-order valence-corrected chi connectivity index (χ2v) is 3.83. The van der Waals surface area contributed by atoms with Gasteiger partial charge < -0.3 is 10.2 Å². The van der Waals surface area contributed by atoms with E-state index in [-0.39, 0.29) is 6.04 Å². The Morgan fingerprint density at radius 2 is 2.21 bits per heavy atom. The predicted molar refractivity (Wildman–Crippen MR) is 55.8 cm³/mol. The lowest BCUT2D eigenvalue weighted by molar-refractivity contribution is 0.418. The van der Waals surface area contributed by atoms with Crippen molar-refractivity contribution in [1.82, 2.24) is 4.98 Å². The zero-order chi connectivity index (χ0) is 10.1. The highest BCUT2D eigenvalue weighted by molar-refractivity contribution is 5.76. The zero-order valence-corrected chi connectivity index (χ0v) is 8.40. The summed E-state index contributed by atoms with van der Waals surface area (Å²) in [5.74, 6) is 1.21. The maximum atomic E-state index is 5.99. The normalized spacial score (nSPS) is 13.7. The van der Waals surface area contributed by atoms with Crippen molar-refractivity contribution in [2.75, 3.05) is 0 Å². The minimum Gasteiger partial charge on any atom is -0.459 e. The summed E-state index contributed by atoms with van der Waals surface area (Å²) in [6.07, 6.45) is 3.51. The molecule has 0 radical (unpaired) electrons. The summed E-state index contributed by atoms with van der Waals surface area (Å²) in [5.41, 5.74) is 6.84. The lowest BCUT2D eigenvalue weighted by Gasteiger charge is -2.11. The highest BCUT2D eigenvalue weighted by atomic mass is 16.3. The summed E-state index contributed by atoms with van der Waals surface area (Å²) in [4.78, 5) is 4.03. The van der Waals surface area contributed by atoms with Crippen LogP contribution >= 0.6 is 0 Å². The van der Waals surface area contributed by atoms with Crippen molar-refractivity contribution < 1.29 is 4.42 Å². The maximum Gasteiger partial charge on any atom is 0.137 e. The fraction of sp³-hybridized carbons (Fsp3) is 0.364. The van der Waals surface area contributed by atoms with E-state index in [4.69, 9.17) is 10.2 Å². The van der Waals surface area contributed by atoms with E-state index in [0.717, 1.165) is 16.7 Å². The lowest BCUT2D eigenvalue weighted by atomic mass is 10.0. The largest absolute Gasteiger partial charge is 0.459 e. The number of aromatic nitrogens is 1. The molecule has 1 unspecified atom stereocenters. The molecule has 0 saturated carbocycles. The number of hydrogen-bond donors (Lipinski definition) is 1. The highest BCUT2D eigenvalue weighted by Crippen LogP contribution is 2.25. The molecule has 2 aromatic rings. The summed E-state index contributed by atoms with van der Waals surface area (Å²) in [5, 5.41) is 1.01. The van der Waals surface area contributed by atoms with E-state index in [1.807, 2.05) is 12.1 Å². The third kappa shape index (κ3) is 1.51. The Hall–Kier alpha value is -1.35. The van der Waals surface area contributed by atoms with Crippen LogP contribution in [0.3, 0.4) is 0 Å². The third-order valence-corrected chi connectivity index (χ3v) is 2.38. The summed E-state index contributed by atoms with van der Waals surface area (Å²) < 4.78 is 5.63. The molecule has 0 aliphatic rings. The Bertz CT molecular complexity index is 401. The summed E-state index contributed by atoms with van der Waals surface area (Å²) in [7, 11) is 0. The molecule has 1 atom stereocenters. The van der Waals surface area contributed by atoms with E-state index in [9.17, 15) is 0 Å². The average molecular weight is 190 g/mol. The van der Waals surface area contributed by atoms with Gasteiger partial charge in [-0.2, -0.15) is 0 Å². The van der Waals surface area contributed by atoms with Gasteiger partial charge in [0.1, 0.15) is 11.3 Å². The molecule has 0 aromatic carbocycles. The molecule has 3 nitrogen and oxygen atoms in total. The smallest absolute Gasteiger partial charge is 0.137 e. The average Bonchev–Trinajstić information content (AvgIpc) is 2.59. The van der Waals surface area contributed by atoms with Crippen LogP contribution in [0.1, 0.15) is 25.6 Å². The van der Waals surface area contributed by atoms with Gasteiger partial charge in [0.25, 0.3) is 0 Å². The Labute approximate surface area is 82.9 Å². The van der Waals surface area contributed by atoms with Gasteiger partial charge in [0, 0.05) is 17.8 Å². The molecule has 2 rings (SSSR count). The molecule has 0 aliphatic heterocycles. The van der Waals surface area contributed by atoms with Crippen molar-refractivity contribution in [2.45, 2.75) is 19.9 Å². The number of nitrogens with zero attached hydrogens (tertiary/aromatic N) is 1. The van der Waals surface area contributed by atoms with Crippen LogP contribution in [0, 0.1) is 5.92 Å². The molecule has 2 aromatic heterocycles. The van der Waals surface area contributed by atoms with E-state index in [1.165, 1.54) is 0 Å². The van der Waals surface area contributed by atoms with Gasteiger partial charge in [0.05, 0.1) is 6.04 Å². The van der Waals surface area contributed by atoms with Crippen molar-refractivity contribution in [2.24, 2.45) is 11.7 Å². The molecule has 0 fully saturated rings. The van der Waals surface area contributed by atoms with Crippen LogP contribution in [0.5, 0.6) is 0 Å². The van der Waals surface area contributed by atoms with E-state index in [0.29, 0.717) is 5.92 Å².